The second kappa shape index (κ2) is 14.9. The zero-order valence-electron chi connectivity index (χ0n) is 18.7. The van der Waals surface area contributed by atoms with Gasteiger partial charge in [0.05, 0.1) is 19.8 Å². The molecule has 1 rings (SSSR count). The molecule has 1 heterocycles. The number of aliphatic hydroxyl groups excluding tert-OH is 3. The Hall–Kier alpha value is -1.95. The van der Waals surface area contributed by atoms with Crippen LogP contribution in [0.15, 0.2) is 58.2 Å². The van der Waals surface area contributed by atoms with Crippen molar-refractivity contribution in [1.29, 1.82) is 0 Å². The van der Waals surface area contributed by atoms with Gasteiger partial charge >= 0.3 is 5.97 Å². The third-order valence-corrected chi connectivity index (χ3v) is 5.25. The maximum Gasteiger partial charge on any atom is 0.331 e. The molecule has 0 unspecified atom stereocenters. The minimum Gasteiger partial charge on any atom is -0.454 e. The van der Waals surface area contributed by atoms with Crippen LogP contribution >= 0.6 is 0 Å². The van der Waals surface area contributed by atoms with E-state index in [1.165, 1.54) is 17.2 Å². The molecule has 0 aromatic carbocycles. The molecule has 0 aromatic heterocycles. The first-order valence-corrected chi connectivity index (χ1v) is 10.8. The number of hydrogen-bond donors (Lipinski definition) is 3. The summed E-state index contributed by atoms with van der Waals surface area (Å²) in [4.78, 5) is 11.3. The monoisotopic (exact) mass is 418 g/mol. The van der Waals surface area contributed by atoms with E-state index in [4.69, 9.17) is 9.84 Å². The summed E-state index contributed by atoms with van der Waals surface area (Å²) >= 11 is 0. The lowest BCUT2D eigenvalue weighted by atomic mass is 10.0. The molecule has 168 valence electrons. The molecule has 5 heteroatoms. The molecule has 0 aromatic rings. The molecule has 0 spiro atoms. The van der Waals surface area contributed by atoms with Crippen molar-refractivity contribution in [2.45, 2.75) is 71.8 Å². The van der Waals surface area contributed by atoms with E-state index in [1.807, 2.05) is 13.0 Å². The van der Waals surface area contributed by atoms with Crippen LogP contribution in [0.25, 0.3) is 0 Å². The molecule has 0 amide bonds. The van der Waals surface area contributed by atoms with E-state index in [0.29, 0.717) is 12.0 Å². The number of ether oxygens (including phenoxy) is 1. The molecule has 1 atom stereocenters. The molecule has 3 N–H and O–H groups in total. The fraction of sp³-hybridized carbons (Fsp3) is 0.560. The second-order valence-electron chi connectivity index (χ2n) is 7.98. The standard InChI is InChI=1S/C25H38O5/c1-19(9-5-11-21(3)16-26)7-4-8-20(2)10-6-12-22(17-27)13-14-24-23(18-28)15-25(29)30-24/h7,10-11,13,15,24,26-28H,4-6,8-9,12,14,16-18H2,1-3H3/t24-/m1/s1. The average molecular weight is 419 g/mol. The van der Waals surface area contributed by atoms with Gasteiger partial charge < -0.3 is 20.1 Å². The van der Waals surface area contributed by atoms with Crippen LogP contribution in [0, 0.1) is 0 Å². The van der Waals surface area contributed by atoms with Gasteiger partial charge in [-0.2, -0.15) is 0 Å². The highest BCUT2D eigenvalue weighted by molar-refractivity contribution is 5.85. The Kier molecular flexibility index (Phi) is 13.0. The molecule has 5 nitrogen and oxygen atoms in total. The molecule has 0 saturated carbocycles. The molecule has 1 aliphatic rings. The Morgan fingerprint density at radius 3 is 1.97 bits per heavy atom. The van der Waals surface area contributed by atoms with Crippen LogP contribution in [-0.4, -0.2) is 47.2 Å². The molecule has 30 heavy (non-hydrogen) atoms. The Morgan fingerprint density at radius 2 is 1.43 bits per heavy atom. The van der Waals surface area contributed by atoms with Gasteiger partial charge in [0, 0.05) is 18.1 Å². The number of esters is 1. The van der Waals surface area contributed by atoms with Crippen LogP contribution in [0.3, 0.4) is 0 Å². The van der Waals surface area contributed by atoms with E-state index in [9.17, 15) is 15.0 Å². The van der Waals surface area contributed by atoms with Crippen molar-refractivity contribution in [3.63, 3.8) is 0 Å². The molecule has 0 bridgehead atoms. The van der Waals surface area contributed by atoms with Crippen molar-refractivity contribution >= 4 is 5.97 Å². The first kappa shape index (κ1) is 26.1. The third kappa shape index (κ3) is 10.7. The number of aliphatic hydroxyl groups is 3. The molecular weight excluding hydrogens is 380 g/mol. The van der Waals surface area contributed by atoms with Crippen LogP contribution in [0.5, 0.6) is 0 Å². The van der Waals surface area contributed by atoms with Crippen molar-refractivity contribution in [2.75, 3.05) is 19.8 Å². The second-order valence-corrected chi connectivity index (χ2v) is 7.98. The molecule has 1 aliphatic heterocycles. The molecule has 0 radical (unpaired) electrons. The van der Waals surface area contributed by atoms with E-state index in [1.54, 1.807) is 0 Å². The average Bonchev–Trinajstić information content (AvgIpc) is 3.09. The number of hydrogen-bond acceptors (Lipinski definition) is 5. The largest absolute Gasteiger partial charge is 0.454 e. The van der Waals surface area contributed by atoms with E-state index < -0.39 is 12.1 Å². The highest BCUT2D eigenvalue weighted by atomic mass is 16.5. The number of carbonyl (C=O) groups is 1. The zero-order valence-corrected chi connectivity index (χ0v) is 18.7. The topological polar surface area (TPSA) is 87.0 Å². The Balaban J connectivity index is 2.36. The molecular formula is C25H38O5. The molecule has 0 fully saturated rings. The van der Waals surface area contributed by atoms with Gasteiger partial charge in [-0.25, -0.2) is 4.79 Å². The summed E-state index contributed by atoms with van der Waals surface area (Å²) < 4.78 is 5.16. The quantitative estimate of drug-likeness (QED) is 0.289. The maximum atomic E-state index is 11.3. The predicted molar refractivity (Wildman–Crippen MR) is 121 cm³/mol. The van der Waals surface area contributed by atoms with Crippen molar-refractivity contribution in [1.82, 2.24) is 0 Å². The normalized spacial score (nSPS) is 18.7. The highest BCUT2D eigenvalue weighted by Gasteiger charge is 2.24. The minimum atomic E-state index is -0.417. The first-order chi connectivity index (χ1) is 14.4. The van der Waals surface area contributed by atoms with E-state index in [-0.39, 0.29) is 19.8 Å². The van der Waals surface area contributed by atoms with Crippen LogP contribution in [0.4, 0.5) is 0 Å². The van der Waals surface area contributed by atoms with Crippen LogP contribution in [-0.2, 0) is 9.53 Å². The van der Waals surface area contributed by atoms with Crippen molar-refractivity contribution in [2.24, 2.45) is 0 Å². The lowest BCUT2D eigenvalue weighted by Gasteiger charge is -2.11. The number of rotatable bonds is 14. The Bertz CT molecular complexity index is 694. The predicted octanol–water partition coefficient (Wildman–Crippen LogP) is 4.31. The number of carbonyl (C=O) groups excluding carboxylic acids is 1. The summed E-state index contributed by atoms with van der Waals surface area (Å²) in [6.45, 7) is 6.16. The maximum absolute atomic E-state index is 11.3. The smallest absolute Gasteiger partial charge is 0.331 e. The fourth-order valence-corrected chi connectivity index (χ4v) is 3.23. The van der Waals surface area contributed by atoms with Gasteiger partial charge in [0.1, 0.15) is 6.10 Å². The van der Waals surface area contributed by atoms with Crippen molar-refractivity contribution in [3.8, 4) is 0 Å². The van der Waals surface area contributed by atoms with Gasteiger partial charge in [-0.1, -0.05) is 41.0 Å². The summed E-state index contributed by atoms with van der Waals surface area (Å²) in [5.41, 5.74) is 5.24. The van der Waals surface area contributed by atoms with E-state index in [0.717, 1.165) is 49.7 Å². The summed E-state index contributed by atoms with van der Waals surface area (Å²) in [7, 11) is 0. The lowest BCUT2D eigenvalue weighted by molar-refractivity contribution is -0.138. The van der Waals surface area contributed by atoms with Gasteiger partial charge in [0.2, 0.25) is 0 Å². The van der Waals surface area contributed by atoms with Crippen LogP contribution in [0.2, 0.25) is 0 Å². The number of cyclic esters (lactones) is 1. The zero-order chi connectivity index (χ0) is 22.4. The molecule has 0 saturated heterocycles. The van der Waals surface area contributed by atoms with E-state index >= 15 is 0 Å². The third-order valence-electron chi connectivity index (χ3n) is 5.25. The van der Waals surface area contributed by atoms with Crippen molar-refractivity contribution in [3.05, 3.63) is 58.2 Å². The van der Waals surface area contributed by atoms with Crippen molar-refractivity contribution < 1.29 is 24.9 Å². The summed E-state index contributed by atoms with van der Waals surface area (Å²) in [5, 5.41) is 27.8. The summed E-state index contributed by atoms with van der Waals surface area (Å²) in [6, 6.07) is 0. The van der Waals surface area contributed by atoms with Gasteiger partial charge in [0.25, 0.3) is 0 Å². The highest BCUT2D eigenvalue weighted by Crippen LogP contribution is 2.20. The van der Waals surface area contributed by atoms with Gasteiger partial charge in [0.15, 0.2) is 0 Å². The van der Waals surface area contributed by atoms with Crippen LogP contribution < -0.4 is 0 Å². The van der Waals surface area contributed by atoms with Gasteiger partial charge in [-0.15, -0.1) is 0 Å². The Labute approximate surface area is 181 Å². The summed E-state index contributed by atoms with van der Waals surface area (Å²) in [5.74, 6) is -0.414. The van der Waals surface area contributed by atoms with Gasteiger partial charge in [-0.05, 0) is 64.9 Å². The first-order valence-electron chi connectivity index (χ1n) is 10.8. The van der Waals surface area contributed by atoms with Gasteiger partial charge in [-0.3, -0.25) is 0 Å². The SMILES string of the molecule is CC(=CCCC(C)=CCCC(C)=CCCC(=CC[C@H]1OC(=O)C=C1CO)CO)CO. The van der Waals surface area contributed by atoms with E-state index in [2.05, 4.69) is 32.1 Å². The lowest BCUT2D eigenvalue weighted by Crippen LogP contribution is -2.13. The minimum absolute atomic E-state index is 0.0160. The number of allylic oxidation sites excluding steroid dienone is 5. The fourth-order valence-electron chi connectivity index (χ4n) is 3.23. The van der Waals surface area contributed by atoms with Crippen LogP contribution in [0.1, 0.15) is 65.7 Å². The molecule has 0 aliphatic carbocycles. The Morgan fingerprint density at radius 1 is 0.867 bits per heavy atom. The summed E-state index contributed by atoms with van der Waals surface area (Å²) in [6.07, 6.45) is 15.6.